The molecule has 0 aliphatic heterocycles. The lowest BCUT2D eigenvalue weighted by molar-refractivity contribution is 0.664. The third-order valence-electron chi connectivity index (χ3n) is 3.17. The van der Waals surface area contributed by atoms with Crippen molar-refractivity contribution in [2.75, 3.05) is 0 Å². The van der Waals surface area contributed by atoms with E-state index in [-0.39, 0.29) is 0 Å². The molecule has 0 spiro atoms. The van der Waals surface area contributed by atoms with Crippen LogP contribution in [0.4, 0.5) is 0 Å². The number of halogens is 1. The van der Waals surface area contributed by atoms with E-state index in [1.54, 1.807) is 0 Å². The molecule has 1 aliphatic carbocycles. The van der Waals surface area contributed by atoms with Crippen LogP contribution >= 0.6 is 15.9 Å². The SMILES string of the molecule is Cc1nnc(C[S@@](=O)c2cccc(Br)c2)n1C1CC1. The molecule has 100 valence electrons. The number of nitrogens with zero attached hydrogens (tertiary/aromatic N) is 3. The minimum absolute atomic E-state index is 0.424. The van der Waals surface area contributed by atoms with E-state index in [4.69, 9.17) is 0 Å². The Kier molecular flexibility index (Phi) is 3.54. The van der Waals surface area contributed by atoms with Gasteiger partial charge < -0.3 is 4.57 Å². The summed E-state index contributed by atoms with van der Waals surface area (Å²) in [6, 6.07) is 8.11. The van der Waals surface area contributed by atoms with Crippen molar-refractivity contribution in [2.24, 2.45) is 0 Å². The lowest BCUT2D eigenvalue weighted by atomic mass is 10.4. The summed E-state index contributed by atoms with van der Waals surface area (Å²) in [7, 11) is -1.08. The maximum absolute atomic E-state index is 12.4. The molecule has 1 aromatic carbocycles. The van der Waals surface area contributed by atoms with E-state index in [2.05, 4.69) is 30.7 Å². The molecule has 0 amide bonds. The van der Waals surface area contributed by atoms with Crippen molar-refractivity contribution in [1.29, 1.82) is 0 Å². The lowest BCUT2D eigenvalue weighted by Crippen LogP contribution is -2.07. The second-order valence-corrected chi connectivity index (χ2v) is 7.08. The van der Waals surface area contributed by atoms with Crippen LogP contribution in [-0.2, 0) is 16.6 Å². The fourth-order valence-corrected chi connectivity index (χ4v) is 3.77. The van der Waals surface area contributed by atoms with Crippen molar-refractivity contribution in [3.05, 3.63) is 40.4 Å². The zero-order chi connectivity index (χ0) is 13.4. The average molecular weight is 340 g/mol. The quantitative estimate of drug-likeness (QED) is 0.860. The molecule has 1 saturated carbocycles. The zero-order valence-electron chi connectivity index (χ0n) is 10.5. The van der Waals surface area contributed by atoms with Gasteiger partial charge in [-0.1, -0.05) is 22.0 Å². The zero-order valence-corrected chi connectivity index (χ0v) is 12.9. The summed E-state index contributed by atoms with van der Waals surface area (Å²) in [5.74, 6) is 2.18. The van der Waals surface area contributed by atoms with E-state index < -0.39 is 10.8 Å². The minimum Gasteiger partial charge on any atom is -0.311 e. The highest BCUT2D eigenvalue weighted by Gasteiger charge is 2.28. The number of benzene rings is 1. The molecular formula is C13H14BrN3OS. The number of aryl methyl sites for hydroxylation is 1. The van der Waals surface area contributed by atoms with E-state index in [0.717, 1.165) is 21.0 Å². The predicted octanol–water partition coefficient (Wildman–Crippen LogP) is 2.99. The summed E-state index contributed by atoms with van der Waals surface area (Å²) < 4.78 is 15.5. The summed E-state index contributed by atoms with van der Waals surface area (Å²) >= 11 is 3.40. The molecule has 0 bridgehead atoms. The predicted molar refractivity (Wildman–Crippen MR) is 77.3 cm³/mol. The van der Waals surface area contributed by atoms with Crippen molar-refractivity contribution in [2.45, 2.75) is 36.5 Å². The molecule has 1 fully saturated rings. The van der Waals surface area contributed by atoms with Crippen LogP contribution in [0.2, 0.25) is 0 Å². The summed E-state index contributed by atoms with van der Waals surface area (Å²) in [4.78, 5) is 0.817. The number of hydrogen-bond acceptors (Lipinski definition) is 3. The van der Waals surface area contributed by atoms with Gasteiger partial charge in [0.1, 0.15) is 11.6 Å². The minimum atomic E-state index is -1.08. The summed E-state index contributed by atoms with van der Waals surface area (Å²) in [5, 5.41) is 8.28. The standard InChI is InChI=1S/C13H14BrN3OS/c1-9-15-16-13(17(9)11-5-6-11)8-19(18)12-4-2-3-10(14)7-12/h2-4,7,11H,5-6,8H2,1H3/t19-/m1/s1. The highest BCUT2D eigenvalue weighted by molar-refractivity contribution is 9.10. The van der Waals surface area contributed by atoms with Gasteiger partial charge in [-0.3, -0.25) is 4.21 Å². The van der Waals surface area contributed by atoms with Crippen molar-refractivity contribution in [3.8, 4) is 0 Å². The molecule has 1 heterocycles. The van der Waals surface area contributed by atoms with Crippen LogP contribution in [-0.4, -0.2) is 19.0 Å². The summed E-state index contributed by atoms with van der Waals surface area (Å²) in [5.41, 5.74) is 0. The van der Waals surface area contributed by atoms with E-state index in [0.29, 0.717) is 11.8 Å². The van der Waals surface area contributed by atoms with E-state index in [1.165, 1.54) is 12.8 Å². The number of hydrogen-bond donors (Lipinski definition) is 0. The molecule has 19 heavy (non-hydrogen) atoms. The molecule has 0 N–H and O–H groups in total. The van der Waals surface area contributed by atoms with Crippen LogP contribution in [0.25, 0.3) is 0 Å². The molecule has 1 aliphatic rings. The van der Waals surface area contributed by atoms with Gasteiger partial charge in [0.05, 0.1) is 16.6 Å². The van der Waals surface area contributed by atoms with Gasteiger partial charge in [0.25, 0.3) is 0 Å². The van der Waals surface area contributed by atoms with Crippen LogP contribution < -0.4 is 0 Å². The molecule has 0 saturated heterocycles. The van der Waals surface area contributed by atoms with Gasteiger partial charge in [0.2, 0.25) is 0 Å². The number of aromatic nitrogens is 3. The normalized spacial score (nSPS) is 16.5. The van der Waals surface area contributed by atoms with Crippen LogP contribution in [0.1, 0.15) is 30.5 Å². The van der Waals surface area contributed by atoms with Crippen LogP contribution in [0.5, 0.6) is 0 Å². The largest absolute Gasteiger partial charge is 0.311 e. The molecule has 1 aromatic heterocycles. The Morgan fingerprint density at radius 3 is 2.89 bits per heavy atom. The monoisotopic (exact) mass is 339 g/mol. The average Bonchev–Trinajstić information content (AvgIpc) is 3.15. The molecule has 0 unspecified atom stereocenters. The van der Waals surface area contributed by atoms with Crippen molar-refractivity contribution in [1.82, 2.24) is 14.8 Å². The second-order valence-electron chi connectivity index (χ2n) is 4.71. The smallest absolute Gasteiger partial charge is 0.146 e. The summed E-state index contributed by atoms with van der Waals surface area (Å²) in [6.45, 7) is 1.96. The Bertz CT molecular complexity index is 637. The third-order valence-corrected chi connectivity index (χ3v) is 4.96. The Labute approximate surface area is 122 Å². The first-order valence-corrected chi connectivity index (χ1v) is 8.30. The van der Waals surface area contributed by atoms with Gasteiger partial charge in [-0.25, -0.2) is 0 Å². The van der Waals surface area contributed by atoms with E-state index in [1.807, 2.05) is 31.2 Å². The molecule has 2 aromatic rings. The van der Waals surface area contributed by atoms with Gasteiger partial charge in [-0.2, -0.15) is 0 Å². The molecule has 3 rings (SSSR count). The van der Waals surface area contributed by atoms with E-state index >= 15 is 0 Å². The molecular weight excluding hydrogens is 326 g/mol. The van der Waals surface area contributed by atoms with Crippen molar-refractivity contribution >= 4 is 26.7 Å². The van der Waals surface area contributed by atoms with Crippen LogP contribution in [0.3, 0.4) is 0 Å². The highest BCUT2D eigenvalue weighted by atomic mass is 79.9. The van der Waals surface area contributed by atoms with Gasteiger partial charge in [0, 0.05) is 15.4 Å². The maximum Gasteiger partial charge on any atom is 0.146 e. The van der Waals surface area contributed by atoms with Crippen LogP contribution in [0.15, 0.2) is 33.6 Å². The molecule has 0 radical (unpaired) electrons. The Morgan fingerprint density at radius 1 is 1.42 bits per heavy atom. The first kappa shape index (κ1) is 13.0. The highest BCUT2D eigenvalue weighted by Crippen LogP contribution is 2.36. The fraction of sp³-hybridized carbons (Fsp3) is 0.385. The van der Waals surface area contributed by atoms with E-state index in [9.17, 15) is 4.21 Å². The van der Waals surface area contributed by atoms with Gasteiger partial charge >= 0.3 is 0 Å². The lowest BCUT2D eigenvalue weighted by Gasteiger charge is -2.07. The first-order chi connectivity index (χ1) is 9.15. The van der Waals surface area contributed by atoms with Gasteiger partial charge in [0.15, 0.2) is 0 Å². The van der Waals surface area contributed by atoms with Gasteiger partial charge in [-0.05, 0) is 38.0 Å². The Hall–Kier alpha value is -1.01. The summed E-state index contributed by atoms with van der Waals surface area (Å²) in [6.07, 6.45) is 2.35. The molecule has 4 nitrogen and oxygen atoms in total. The van der Waals surface area contributed by atoms with Crippen molar-refractivity contribution < 1.29 is 4.21 Å². The fourth-order valence-electron chi connectivity index (χ4n) is 2.13. The Morgan fingerprint density at radius 2 is 2.21 bits per heavy atom. The third kappa shape index (κ3) is 2.79. The van der Waals surface area contributed by atoms with Crippen molar-refractivity contribution in [3.63, 3.8) is 0 Å². The molecule has 6 heteroatoms. The topological polar surface area (TPSA) is 47.8 Å². The van der Waals surface area contributed by atoms with Crippen LogP contribution in [0, 0.1) is 6.92 Å². The van der Waals surface area contributed by atoms with Gasteiger partial charge in [-0.15, -0.1) is 10.2 Å². The second kappa shape index (κ2) is 5.17. The Balaban J connectivity index is 1.83. The molecule has 1 atom stereocenters. The number of rotatable bonds is 4. The first-order valence-electron chi connectivity index (χ1n) is 6.19. The maximum atomic E-state index is 12.4.